The number of aliphatic hydroxyl groups is 1. The third-order valence-electron chi connectivity index (χ3n) is 6.59. The van der Waals surface area contributed by atoms with E-state index in [1.807, 2.05) is 37.3 Å². The van der Waals surface area contributed by atoms with Crippen LogP contribution in [0, 0.1) is 6.92 Å². The van der Waals surface area contributed by atoms with Crippen molar-refractivity contribution < 1.29 is 38.9 Å². The van der Waals surface area contributed by atoms with Gasteiger partial charge in [0.1, 0.15) is 35.1 Å². The molecular weight excluding hydrogens is 578 g/mol. The van der Waals surface area contributed by atoms with Gasteiger partial charge in [-0.25, -0.2) is 9.59 Å². The lowest BCUT2D eigenvalue weighted by molar-refractivity contribution is -0.159. The van der Waals surface area contributed by atoms with Crippen molar-refractivity contribution in [2.24, 2.45) is 0 Å². The number of rotatable bonds is 13. The maximum Gasteiger partial charge on any atom is 0.408 e. The van der Waals surface area contributed by atoms with E-state index in [-0.39, 0.29) is 18.7 Å². The molecule has 0 aliphatic carbocycles. The molecule has 0 saturated carbocycles. The number of phenols is 1. The highest BCUT2D eigenvalue weighted by Gasteiger charge is 2.38. The van der Waals surface area contributed by atoms with Crippen LogP contribution >= 0.6 is 0 Å². The van der Waals surface area contributed by atoms with Gasteiger partial charge in [0.25, 0.3) is 0 Å². The molecule has 0 aliphatic rings. The molecular formula is C34H49N3O8. The molecule has 2 aromatic carbocycles. The van der Waals surface area contributed by atoms with Crippen molar-refractivity contribution in [3.63, 3.8) is 0 Å². The molecule has 0 fully saturated rings. The summed E-state index contributed by atoms with van der Waals surface area (Å²) in [6.07, 6.45) is 0.395. The minimum absolute atomic E-state index is 0.000112. The predicted octanol–water partition coefficient (Wildman–Crippen LogP) is 4.33. The van der Waals surface area contributed by atoms with Crippen molar-refractivity contribution in [2.45, 2.75) is 104 Å². The van der Waals surface area contributed by atoms with Crippen LogP contribution in [0.5, 0.6) is 5.75 Å². The zero-order chi connectivity index (χ0) is 33.9. The average Bonchev–Trinajstić information content (AvgIpc) is 2.93. The second kappa shape index (κ2) is 16.3. The van der Waals surface area contributed by atoms with Gasteiger partial charge in [-0.3, -0.25) is 9.59 Å². The van der Waals surface area contributed by atoms with E-state index >= 15 is 0 Å². The Labute approximate surface area is 266 Å². The molecule has 0 spiro atoms. The molecule has 11 heteroatoms. The fraction of sp³-hybridized carbons (Fsp3) is 0.529. The zero-order valence-corrected chi connectivity index (χ0v) is 27.7. The van der Waals surface area contributed by atoms with Crippen molar-refractivity contribution in [1.29, 1.82) is 0 Å². The minimum Gasteiger partial charge on any atom is -0.508 e. The number of aryl methyl sites for hydroxylation is 1. The maximum absolute atomic E-state index is 14.3. The van der Waals surface area contributed by atoms with E-state index in [0.717, 1.165) is 5.56 Å². The van der Waals surface area contributed by atoms with Gasteiger partial charge in [-0.05, 0) is 83.7 Å². The average molecular weight is 628 g/mol. The van der Waals surface area contributed by atoms with Gasteiger partial charge in [0, 0.05) is 13.0 Å². The number of hydrogen-bond acceptors (Lipinski definition) is 8. The van der Waals surface area contributed by atoms with E-state index in [0.29, 0.717) is 24.0 Å². The number of carbonyl (C=O) groups is 4. The second-order valence-electron chi connectivity index (χ2n) is 13.0. The number of benzene rings is 2. The summed E-state index contributed by atoms with van der Waals surface area (Å²) in [6, 6.07) is 9.86. The minimum atomic E-state index is -1.42. The van der Waals surface area contributed by atoms with Crippen LogP contribution in [0.1, 0.15) is 84.0 Å². The van der Waals surface area contributed by atoms with Crippen molar-refractivity contribution in [2.75, 3.05) is 13.2 Å². The van der Waals surface area contributed by atoms with Crippen LogP contribution in [0.3, 0.4) is 0 Å². The van der Waals surface area contributed by atoms with Crippen LogP contribution in [0.25, 0.3) is 0 Å². The van der Waals surface area contributed by atoms with Crippen molar-refractivity contribution in [3.8, 4) is 5.75 Å². The molecule has 0 heterocycles. The van der Waals surface area contributed by atoms with Crippen LogP contribution in [0.2, 0.25) is 0 Å². The molecule has 11 nitrogen and oxygen atoms in total. The molecule has 3 unspecified atom stereocenters. The Balaban J connectivity index is 2.59. The molecule has 0 aromatic heterocycles. The van der Waals surface area contributed by atoms with E-state index in [1.165, 1.54) is 17.0 Å². The largest absolute Gasteiger partial charge is 0.508 e. The summed E-state index contributed by atoms with van der Waals surface area (Å²) in [5.41, 5.74) is -0.0620. The summed E-state index contributed by atoms with van der Waals surface area (Å²) >= 11 is 0. The number of hydrogen-bond donors (Lipinski definition) is 4. The normalized spacial score (nSPS) is 13.6. The first-order valence-corrected chi connectivity index (χ1v) is 15.2. The van der Waals surface area contributed by atoms with E-state index < -0.39 is 59.8 Å². The van der Waals surface area contributed by atoms with Crippen LogP contribution in [-0.4, -0.2) is 75.4 Å². The predicted molar refractivity (Wildman–Crippen MR) is 170 cm³/mol. The Morgan fingerprint density at radius 3 is 2.04 bits per heavy atom. The number of aliphatic hydroxyl groups excluding tert-OH is 1. The van der Waals surface area contributed by atoms with Crippen LogP contribution in [0.4, 0.5) is 4.79 Å². The maximum atomic E-state index is 14.3. The van der Waals surface area contributed by atoms with Crippen LogP contribution in [-0.2, 0) is 30.3 Å². The number of esters is 1. The summed E-state index contributed by atoms with van der Waals surface area (Å²) < 4.78 is 10.9. The van der Waals surface area contributed by atoms with Gasteiger partial charge in [0.05, 0.1) is 6.61 Å². The lowest BCUT2D eigenvalue weighted by Crippen LogP contribution is -2.56. The molecule has 0 bridgehead atoms. The first kappa shape index (κ1) is 37.1. The molecule has 2 aromatic rings. The van der Waals surface area contributed by atoms with Crippen molar-refractivity contribution in [1.82, 2.24) is 15.5 Å². The van der Waals surface area contributed by atoms with Gasteiger partial charge in [-0.15, -0.1) is 0 Å². The number of phenolic OH excluding ortho intramolecular Hbond substituents is 1. The van der Waals surface area contributed by atoms with Gasteiger partial charge < -0.3 is 35.2 Å². The Hall–Kier alpha value is -4.12. The molecule has 3 atom stereocenters. The van der Waals surface area contributed by atoms with Crippen molar-refractivity contribution >= 4 is 23.9 Å². The molecule has 248 valence electrons. The third kappa shape index (κ3) is 12.1. The lowest BCUT2D eigenvalue weighted by atomic mass is 9.98. The topological polar surface area (TPSA) is 154 Å². The molecule has 4 N–H and O–H groups in total. The number of ether oxygens (including phenoxy) is 2. The summed E-state index contributed by atoms with van der Waals surface area (Å²) in [7, 11) is 0. The first-order chi connectivity index (χ1) is 21.0. The Morgan fingerprint density at radius 2 is 1.51 bits per heavy atom. The summed E-state index contributed by atoms with van der Waals surface area (Å²) in [4.78, 5) is 55.5. The van der Waals surface area contributed by atoms with Crippen LogP contribution < -0.4 is 10.6 Å². The molecule has 45 heavy (non-hydrogen) atoms. The van der Waals surface area contributed by atoms with Crippen LogP contribution in [0.15, 0.2) is 48.5 Å². The first-order valence-electron chi connectivity index (χ1n) is 15.2. The number of nitrogens with one attached hydrogen (secondary N) is 2. The molecule has 2 rings (SSSR count). The molecule has 0 aliphatic heterocycles. The summed E-state index contributed by atoms with van der Waals surface area (Å²) in [5.74, 6) is -2.05. The van der Waals surface area contributed by atoms with E-state index in [2.05, 4.69) is 10.6 Å². The number of aromatic hydroxyl groups is 1. The number of amides is 3. The van der Waals surface area contributed by atoms with Gasteiger partial charge in [0.2, 0.25) is 11.8 Å². The number of alkyl carbamates (subject to hydrolysis) is 1. The van der Waals surface area contributed by atoms with Gasteiger partial charge in [-0.2, -0.15) is 0 Å². The van der Waals surface area contributed by atoms with E-state index in [9.17, 15) is 29.4 Å². The molecule has 0 saturated heterocycles. The summed E-state index contributed by atoms with van der Waals surface area (Å²) in [6.45, 7) is 13.1. The van der Waals surface area contributed by atoms with E-state index in [4.69, 9.17) is 9.47 Å². The highest BCUT2D eigenvalue weighted by atomic mass is 16.6. The number of carbonyl (C=O) groups excluding carboxylic acids is 4. The highest BCUT2D eigenvalue weighted by molar-refractivity contribution is 5.94. The molecule has 3 amide bonds. The van der Waals surface area contributed by atoms with E-state index in [1.54, 1.807) is 54.5 Å². The smallest absolute Gasteiger partial charge is 0.408 e. The Morgan fingerprint density at radius 1 is 0.889 bits per heavy atom. The fourth-order valence-corrected chi connectivity index (χ4v) is 4.52. The zero-order valence-electron chi connectivity index (χ0n) is 27.7. The van der Waals surface area contributed by atoms with Gasteiger partial charge >= 0.3 is 12.1 Å². The second-order valence-corrected chi connectivity index (χ2v) is 13.0. The SMILES string of the molecule is CCCCN(C(=O)C(CO)NC(=O)OC(C)(C)C)C(C(=O)NC(Cc1ccccc1)C(=O)OC(C)(C)C)c1ccc(O)c(C)c1. The highest BCUT2D eigenvalue weighted by Crippen LogP contribution is 2.28. The number of unbranched alkanes of at least 4 members (excludes halogenated alkanes) is 1. The third-order valence-corrected chi connectivity index (χ3v) is 6.59. The Kier molecular flexibility index (Phi) is 13.4. The Bertz CT molecular complexity index is 1300. The standard InChI is InChI=1S/C34H49N3O8/c1-9-10-18-37(30(41)26(21-38)36-32(43)45-34(6,7)8)28(24-16-17-27(39)22(2)19-24)29(40)35-25(31(42)44-33(3,4)5)20-23-14-12-11-13-15-23/h11-17,19,25-26,28,38-39H,9-10,18,20-21H2,1-8H3,(H,35,40)(H,36,43). The van der Waals surface area contributed by atoms with Crippen molar-refractivity contribution in [3.05, 3.63) is 65.2 Å². The lowest BCUT2D eigenvalue weighted by Gasteiger charge is -2.35. The fourth-order valence-electron chi connectivity index (χ4n) is 4.52. The monoisotopic (exact) mass is 627 g/mol. The quantitative estimate of drug-likeness (QED) is 0.239. The van der Waals surface area contributed by atoms with Gasteiger partial charge in [-0.1, -0.05) is 49.7 Å². The summed E-state index contributed by atoms with van der Waals surface area (Å²) in [5, 5.41) is 25.6. The molecule has 0 radical (unpaired) electrons. The van der Waals surface area contributed by atoms with Gasteiger partial charge in [0.15, 0.2) is 0 Å². The number of nitrogens with zero attached hydrogens (tertiary/aromatic N) is 1.